The summed E-state index contributed by atoms with van der Waals surface area (Å²) in [6.45, 7) is 20.9. The van der Waals surface area contributed by atoms with Crippen molar-refractivity contribution in [2.45, 2.75) is 99.0 Å². The highest BCUT2D eigenvalue weighted by Crippen LogP contribution is 2.31. The van der Waals surface area contributed by atoms with E-state index in [0.717, 1.165) is 68.4 Å². The maximum absolute atomic E-state index is 13.7. The van der Waals surface area contributed by atoms with Gasteiger partial charge in [0.1, 0.15) is 17.2 Å². The first-order chi connectivity index (χ1) is 23.8. The van der Waals surface area contributed by atoms with Crippen LogP contribution in [0.25, 0.3) is 0 Å². The largest absolute Gasteiger partial charge is 0.493 e. The summed E-state index contributed by atoms with van der Waals surface area (Å²) < 4.78 is 16.9. The van der Waals surface area contributed by atoms with Crippen LogP contribution in [0.2, 0.25) is 0 Å². The Morgan fingerprint density at radius 2 is 1.82 bits per heavy atom. The molecule has 9 nitrogen and oxygen atoms in total. The molecule has 1 aromatic carbocycles. The lowest BCUT2D eigenvalue weighted by Crippen LogP contribution is -2.54. The zero-order chi connectivity index (χ0) is 36.3. The van der Waals surface area contributed by atoms with Crippen LogP contribution in [0.1, 0.15) is 92.9 Å². The number of allylic oxidation sites excluding steroid dienone is 4. The molecular formula is C40H68N4O5. The number of nitrogens with two attached hydrogens (primary N) is 1. The summed E-state index contributed by atoms with van der Waals surface area (Å²) in [5.41, 5.74) is 1.75. The van der Waals surface area contributed by atoms with Gasteiger partial charge in [0.2, 0.25) is 0 Å². The minimum absolute atomic E-state index is 0.0337. The van der Waals surface area contributed by atoms with Crippen molar-refractivity contribution in [3.05, 3.63) is 60.3 Å². The van der Waals surface area contributed by atoms with Crippen LogP contribution in [0.4, 0.5) is 0 Å². The third-order valence-electron chi connectivity index (χ3n) is 8.86. The minimum atomic E-state index is 0.0337. The molecule has 49 heavy (non-hydrogen) atoms. The summed E-state index contributed by atoms with van der Waals surface area (Å²) in [5.74, 6) is 8.03. The minimum Gasteiger partial charge on any atom is -0.493 e. The Kier molecular flexibility index (Phi) is 25.0. The number of rotatable bonds is 19. The van der Waals surface area contributed by atoms with E-state index in [1.165, 1.54) is 25.7 Å². The van der Waals surface area contributed by atoms with Crippen molar-refractivity contribution < 1.29 is 23.8 Å². The molecule has 2 heterocycles. The van der Waals surface area contributed by atoms with Gasteiger partial charge in [-0.25, -0.2) is 5.90 Å². The average Bonchev–Trinajstić information content (AvgIpc) is 3.11. The molecule has 0 aliphatic carbocycles. The fraction of sp³-hybridized carbons (Fsp3) is 0.650. The van der Waals surface area contributed by atoms with Gasteiger partial charge in [-0.3, -0.25) is 9.79 Å². The lowest BCUT2D eigenvalue weighted by molar-refractivity contribution is -0.130. The zero-order valence-electron chi connectivity index (χ0n) is 31.8. The Hall–Kier alpha value is -2.98. The van der Waals surface area contributed by atoms with E-state index in [4.69, 9.17) is 20.1 Å². The van der Waals surface area contributed by atoms with Crippen LogP contribution in [0.15, 0.2) is 65.3 Å². The molecule has 1 amide bonds. The zero-order valence-corrected chi connectivity index (χ0v) is 31.8. The molecule has 0 bridgehead atoms. The van der Waals surface area contributed by atoms with Gasteiger partial charge in [0.25, 0.3) is 5.91 Å². The van der Waals surface area contributed by atoms with Crippen molar-refractivity contribution in [2.24, 2.45) is 28.6 Å². The van der Waals surface area contributed by atoms with Gasteiger partial charge in [0.05, 0.1) is 19.8 Å². The Labute approximate surface area is 298 Å². The summed E-state index contributed by atoms with van der Waals surface area (Å²) in [6, 6.07) is 7.72. The van der Waals surface area contributed by atoms with Crippen LogP contribution < -0.4 is 20.7 Å². The molecule has 4 atom stereocenters. The van der Waals surface area contributed by atoms with Crippen LogP contribution in [-0.4, -0.2) is 76.2 Å². The van der Waals surface area contributed by atoms with Crippen molar-refractivity contribution in [3.8, 4) is 11.5 Å². The van der Waals surface area contributed by atoms with Crippen LogP contribution in [0.5, 0.6) is 11.5 Å². The second kappa shape index (κ2) is 27.8. The summed E-state index contributed by atoms with van der Waals surface area (Å²) in [5, 5.41) is 3.43. The number of benzene rings is 1. The first-order valence-electron chi connectivity index (χ1n) is 18.4. The third-order valence-corrected chi connectivity index (χ3v) is 8.86. The van der Waals surface area contributed by atoms with Gasteiger partial charge < -0.3 is 29.3 Å². The number of hydrogen-bond acceptors (Lipinski definition) is 8. The SMILES string of the molecule is C/C=C\CC1=C(C(=O)N2CCNC[C@H]2CCOc2cccc(OCCCCON)c2)N=CC(C)C1C.C=CC.CCCCC(CC)COC. The second-order valence-corrected chi connectivity index (χ2v) is 12.7. The van der Waals surface area contributed by atoms with E-state index in [-0.39, 0.29) is 11.9 Å². The molecule has 0 radical (unpaired) electrons. The lowest BCUT2D eigenvalue weighted by Gasteiger charge is -2.37. The van der Waals surface area contributed by atoms with Crippen molar-refractivity contribution in [3.63, 3.8) is 0 Å². The van der Waals surface area contributed by atoms with Crippen LogP contribution in [0, 0.1) is 17.8 Å². The summed E-state index contributed by atoms with van der Waals surface area (Å²) >= 11 is 0. The van der Waals surface area contributed by atoms with E-state index >= 15 is 0 Å². The van der Waals surface area contributed by atoms with Gasteiger partial charge in [-0.15, -0.1) is 6.58 Å². The number of ether oxygens (including phenoxy) is 3. The maximum Gasteiger partial charge on any atom is 0.272 e. The van der Waals surface area contributed by atoms with Gasteiger partial charge in [-0.05, 0) is 75.0 Å². The molecule has 3 N–H and O–H groups in total. The molecule has 1 fully saturated rings. The molecular weight excluding hydrogens is 616 g/mol. The highest BCUT2D eigenvalue weighted by Gasteiger charge is 2.33. The predicted molar refractivity (Wildman–Crippen MR) is 204 cm³/mol. The summed E-state index contributed by atoms with van der Waals surface area (Å²) in [4.78, 5) is 24.9. The van der Waals surface area contributed by atoms with E-state index in [0.29, 0.717) is 43.9 Å². The third kappa shape index (κ3) is 17.5. The second-order valence-electron chi connectivity index (χ2n) is 12.7. The number of unbranched alkanes of at least 4 members (excludes halogenated alkanes) is 2. The number of amides is 1. The Bertz CT molecular complexity index is 1120. The van der Waals surface area contributed by atoms with E-state index in [2.05, 4.69) is 55.5 Å². The molecule has 9 heteroatoms. The number of aliphatic imine (C=N–C) groups is 1. The normalized spacial score (nSPS) is 19.4. The topological polar surface area (TPSA) is 108 Å². The van der Waals surface area contributed by atoms with Crippen LogP contribution in [-0.2, 0) is 14.4 Å². The number of carbonyl (C=O) groups excluding carboxylic acids is 1. The molecule has 3 rings (SSSR count). The standard InChI is InChI=1S/C28H42N4O4.C9H20O.C3H6/c1-4-5-11-26-22(3)21(2)19-31-27(26)28(33)32-14-13-30-20-23(32)12-17-35-25-10-8-9-24(18-25)34-15-6-7-16-36-29;1-4-6-7-9(5-2)8-10-3;1-3-2/h4-5,8-10,18-19,21-23,30H,6-7,11-17,20,29H2,1-3H3;9H,4-8H2,1-3H3;3H,1H2,2H3/b5-4-;;/t21?,22?,23-;;/m1../s1. The monoisotopic (exact) mass is 685 g/mol. The number of methoxy groups -OCH3 is 1. The summed E-state index contributed by atoms with van der Waals surface area (Å²) in [6.07, 6.45) is 16.3. The van der Waals surface area contributed by atoms with E-state index in [1.54, 1.807) is 13.2 Å². The fourth-order valence-electron chi connectivity index (χ4n) is 5.66. The van der Waals surface area contributed by atoms with Crippen molar-refractivity contribution in [2.75, 3.05) is 53.2 Å². The quantitative estimate of drug-likeness (QED) is 0.0866. The van der Waals surface area contributed by atoms with Crippen LogP contribution in [0.3, 0.4) is 0 Å². The van der Waals surface area contributed by atoms with Crippen molar-refractivity contribution in [1.29, 1.82) is 0 Å². The smallest absolute Gasteiger partial charge is 0.272 e. The predicted octanol–water partition coefficient (Wildman–Crippen LogP) is 7.92. The molecule has 1 saturated heterocycles. The van der Waals surface area contributed by atoms with Crippen LogP contribution >= 0.6 is 0 Å². The van der Waals surface area contributed by atoms with Crippen molar-refractivity contribution in [1.82, 2.24) is 10.2 Å². The molecule has 0 aromatic heterocycles. The molecule has 278 valence electrons. The number of carbonyl (C=O) groups is 1. The van der Waals surface area contributed by atoms with Crippen molar-refractivity contribution >= 4 is 12.1 Å². The molecule has 0 saturated carbocycles. The summed E-state index contributed by atoms with van der Waals surface area (Å²) in [7, 11) is 1.79. The van der Waals surface area contributed by atoms with E-state index in [9.17, 15) is 4.79 Å². The Balaban J connectivity index is 0.000000783. The number of hydrogen-bond donors (Lipinski definition) is 2. The first kappa shape index (κ1) is 44.0. The molecule has 1 aromatic rings. The van der Waals surface area contributed by atoms with Gasteiger partial charge in [-0.2, -0.15) is 0 Å². The van der Waals surface area contributed by atoms with Gasteiger partial charge >= 0.3 is 0 Å². The lowest BCUT2D eigenvalue weighted by atomic mass is 9.84. The molecule has 0 spiro atoms. The average molecular weight is 685 g/mol. The molecule has 2 aliphatic heterocycles. The Morgan fingerprint density at radius 3 is 2.45 bits per heavy atom. The van der Waals surface area contributed by atoms with Gasteiger partial charge in [0, 0.05) is 58.1 Å². The molecule has 2 aliphatic rings. The Morgan fingerprint density at radius 1 is 1.12 bits per heavy atom. The first-order valence-corrected chi connectivity index (χ1v) is 18.4. The fourth-order valence-corrected chi connectivity index (χ4v) is 5.66. The van der Waals surface area contributed by atoms with Gasteiger partial charge in [-0.1, -0.05) is 71.3 Å². The van der Waals surface area contributed by atoms with Gasteiger partial charge in [0.15, 0.2) is 0 Å². The molecule has 3 unspecified atom stereocenters. The van der Waals surface area contributed by atoms with E-state index < -0.39 is 0 Å². The number of nitrogens with one attached hydrogen (secondary N) is 1. The number of nitrogens with zero attached hydrogens (tertiary/aromatic N) is 2. The highest BCUT2D eigenvalue weighted by molar-refractivity contribution is 5.96. The highest BCUT2D eigenvalue weighted by atomic mass is 16.6. The van der Waals surface area contributed by atoms with E-state index in [1.807, 2.05) is 55.3 Å². The number of piperazine rings is 1. The maximum atomic E-state index is 13.7.